The second-order valence-corrected chi connectivity index (χ2v) is 9.39. The monoisotopic (exact) mass is 538 g/mol. The Morgan fingerprint density at radius 1 is 0.737 bits per heavy atom. The number of piperidine rings is 1. The first kappa shape index (κ1) is 27.6. The highest BCUT2D eigenvalue weighted by Gasteiger charge is 2.43. The summed E-state index contributed by atoms with van der Waals surface area (Å²) in [5.41, 5.74) is -2.44. The van der Waals surface area contributed by atoms with E-state index in [1.807, 2.05) is 0 Å². The molecule has 1 fully saturated rings. The van der Waals surface area contributed by atoms with Gasteiger partial charge in [-0.3, -0.25) is 15.0 Å². The second kappa shape index (κ2) is 10.4. The number of likely N-dealkylation sites (tertiary alicyclic amines) is 1. The predicted octanol–water partition coefficient (Wildman–Crippen LogP) is 6.78. The van der Waals surface area contributed by atoms with Crippen molar-refractivity contribution >= 4 is 5.69 Å². The van der Waals surface area contributed by atoms with Crippen molar-refractivity contribution in [2.45, 2.75) is 37.3 Å². The fraction of sp³-hybridized carbons (Fsp3) is 0.333. The maximum absolute atomic E-state index is 13.1. The van der Waals surface area contributed by atoms with Crippen molar-refractivity contribution in [2.24, 2.45) is 5.92 Å². The second-order valence-electron chi connectivity index (χ2n) is 9.39. The third-order valence-electron chi connectivity index (χ3n) is 7.04. The highest BCUT2D eigenvalue weighted by atomic mass is 19.4. The smallest absolute Gasteiger partial charge is 0.380 e. The van der Waals surface area contributed by atoms with Crippen LogP contribution in [0.1, 0.15) is 40.7 Å². The molecule has 0 radical (unpaired) electrons. The van der Waals surface area contributed by atoms with Gasteiger partial charge in [-0.25, -0.2) is 0 Å². The van der Waals surface area contributed by atoms with Crippen LogP contribution in [0.25, 0.3) is 0 Å². The van der Waals surface area contributed by atoms with Crippen molar-refractivity contribution in [1.82, 2.24) is 4.90 Å². The molecular weight excluding hydrogens is 514 g/mol. The van der Waals surface area contributed by atoms with Crippen LogP contribution in [0.4, 0.5) is 32.0 Å². The van der Waals surface area contributed by atoms with Crippen LogP contribution in [-0.4, -0.2) is 28.0 Å². The van der Waals surface area contributed by atoms with E-state index in [2.05, 4.69) is 4.90 Å². The molecule has 11 heteroatoms. The average Bonchev–Trinajstić information content (AvgIpc) is 2.88. The summed E-state index contributed by atoms with van der Waals surface area (Å²) >= 11 is 0. The molecule has 0 aromatic heterocycles. The van der Waals surface area contributed by atoms with E-state index in [9.17, 15) is 41.6 Å². The lowest BCUT2D eigenvalue weighted by Gasteiger charge is -2.42. The van der Waals surface area contributed by atoms with Crippen LogP contribution in [0.5, 0.6) is 0 Å². The molecule has 0 amide bonds. The first-order valence-corrected chi connectivity index (χ1v) is 11.8. The van der Waals surface area contributed by atoms with E-state index in [-0.39, 0.29) is 16.8 Å². The number of benzene rings is 3. The highest BCUT2D eigenvalue weighted by molar-refractivity contribution is 5.40. The van der Waals surface area contributed by atoms with E-state index in [0.717, 1.165) is 29.8 Å². The maximum atomic E-state index is 13.1. The lowest BCUT2D eigenvalue weighted by Crippen LogP contribution is -2.44. The van der Waals surface area contributed by atoms with Crippen LogP contribution in [0, 0.1) is 16.0 Å². The molecule has 3 aromatic rings. The Labute approximate surface area is 214 Å². The van der Waals surface area contributed by atoms with Gasteiger partial charge in [0.25, 0.3) is 5.69 Å². The summed E-state index contributed by atoms with van der Waals surface area (Å²) in [5, 5.41) is 22.8. The number of alkyl halides is 6. The first-order chi connectivity index (χ1) is 17.8. The van der Waals surface area contributed by atoms with Gasteiger partial charge in [0.05, 0.1) is 16.1 Å². The Bertz CT molecular complexity index is 1190. The number of non-ortho nitro benzene ring substituents is 1. The lowest BCUT2D eigenvalue weighted by molar-refractivity contribution is -0.384. The molecule has 1 N–H and O–H groups in total. The molecule has 0 unspecified atom stereocenters. The summed E-state index contributed by atoms with van der Waals surface area (Å²) in [6.07, 6.45) is -8.31. The highest BCUT2D eigenvalue weighted by Crippen LogP contribution is 2.44. The molecule has 1 heterocycles. The predicted molar refractivity (Wildman–Crippen MR) is 127 cm³/mol. The fourth-order valence-electron chi connectivity index (χ4n) is 4.95. The van der Waals surface area contributed by atoms with E-state index in [0.29, 0.717) is 32.5 Å². The Morgan fingerprint density at radius 2 is 1.13 bits per heavy atom. The van der Waals surface area contributed by atoms with Gasteiger partial charge < -0.3 is 5.11 Å². The van der Waals surface area contributed by atoms with Crippen LogP contribution in [0.2, 0.25) is 0 Å². The van der Waals surface area contributed by atoms with Gasteiger partial charge in [0.15, 0.2) is 0 Å². The summed E-state index contributed by atoms with van der Waals surface area (Å²) in [5.74, 6) is -0.482. The van der Waals surface area contributed by atoms with Crippen molar-refractivity contribution in [3.63, 3.8) is 0 Å². The molecule has 0 aliphatic carbocycles. The van der Waals surface area contributed by atoms with Crippen molar-refractivity contribution in [3.05, 3.63) is 111 Å². The van der Waals surface area contributed by atoms with E-state index < -0.39 is 39.9 Å². The minimum Gasteiger partial charge on any atom is -0.380 e. The summed E-state index contributed by atoms with van der Waals surface area (Å²) < 4.78 is 78.8. The Hall–Kier alpha value is -3.44. The molecule has 202 valence electrons. The molecule has 0 bridgehead atoms. The third-order valence-corrected chi connectivity index (χ3v) is 7.04. The van der Waals surface area contributed by atoms with Crippen molar-refractivity contribution in [1.29, 1.82) is 0 Å². The Balaban J connectivity index is 1.58. The van der Waals surface area contributed by atoms with Crippen molar-refractivity contribution in [2.75, 3.05) is 13.1 Å². The minimum absolute atomic E-state index is 0.0226. The summed E-state index contributed by atoms with van der Waals surface area (Å²) in [4.78, 5) is 12.5. The zero-order chi connectivity index (χ0) is 27.7. The summed E-state index contributed by atoms with van der Waals surface area (Å²) in [6, 6.07) is 14.2. The molecule has 1 saturated heterocycles. The van der Waals surface area contributed by atoms with E-state index in [1.165, 1.54) is 36.4 Å². The Morgan fingerprint density at radius 3 is 1.50 bits per heavy atom. The van der Waals surface area contributed by atoms with Gasteiger partial charge in [0.1, 0.15) is 5.60 Å². The van der Waals surface area contributed by atoms with Crippen molar-refractivity contribution < 1.29 is 36.4 Å². The molecule has 0 saturated carbocycles. The molecule has 1 aliphatic heterocycles. The number of halogens is 6. The van der Waals surface area contributed by atoms with Gasteiger partial charge in [0, 0.05) is 18.7 Å². The lowest BCUT2D eigenvalue weighted by atomic mass is 9.71. The summed E-state index contributed by atoms with van der Waals surface area (Å²) in [6.45, 7) is 1.51. The first-order valence-electron chi connectivity index (χ1n) is 11.8. The number of nitro groups is 1. The average molecular weight is 538 g/mol. The maximum Gasteiger partial charge on any atom is 0.416 e. The number of hydrogen-bond donors (Lipinski definition) is 1. The molecule has 0 atom stereocenters. The molecule has 4 rings (SSSR count). The van der Waals surface area contributed by atoms with Gasteiger partial charge in [-0.2, -0.15) is 26.3 Å². The minimum atomic E-state index is -4.58. The van der Waals surface area contributed by atoms with Gasteiger partial charge in [-0.15, -0.1) is 0 Å². The topological polar surface area (TPSA) is 66.6 Å². The number of hydrogen-bond acceptors (Lipinski definition) is 4. The summed E-state index contributed by atoms with van der Waals surface area (Å²) in [7, 11) is 0. The van der Waals surface area contributed by atoms with Crippen LogP contribution in [0.3, 0.4) is 0 Å². The van der Waals surface area contributed by atoms with E-state index >= 15 is 0 Å². The fourth-order valence-corrected chi connectivity index (χ4v) is 4.95. The van der Waals surface area contributed by atoms with Crippen LogP contribution in [-0.2, 0) is 24.5 Å². The Kier molecular flexibility index (Phi) is 7.53. The normalized spacial score (nSPS) is 16.0. The molecule has 1 aliphatic rings. The quantitative estimate of drug-likeness (QED) is 0.214. The van der Waals surface area contributed by atoms with E-state index in [4.69, 9.17) is 0 Å². The van der Waals surface area contributed by atoms with Gasteiger partial charge >= 0.3 is 12.4 Å². The van der Waals surface area contributed by atoms with E-state index in [1.54, 1.807) is 12.1 Å². The molecule has 3 aromatic carbocycles. The zero-order valence-electron chi connectivity index (χ0n) is 20.0. The van der Waals surface area contributed by atoms with Crippen LogP contribution < -0.4 is 0 Å². The van der Waals surface area contributed by atoms with Crippen LogP contribution >= 0.6 is 0 Å². The van der Waals surface area contributed by atoms with Gasteiger partial charge in [0.2, 0.25) is 0 Å². The van der Waals surface area contributed by atoms with Gasteiger partial charge in [-0.05, 0) is 72.8 Å². The molecule has 38 heavy (non-hydrogen) atoms. The standard InChI is InChI=1S/C27H24F6N2O3/c28-26(29,30)22-7-3-19(4-8-22)25(36,20-5-9-23(10-6-20)27(31,32)33)21-13-15-34(16-14-21)17-18-1-11-24(12-2-18)35(37)38/h1-12,21,36H,13-17H2. The molecular formula is C27H24F6N2O3. The molecule has 5 nitrogen and oxygen atoms in total. The SMILES string of the molecule is O=[N+]([O-])c1ccc(CN2CCC(C(O)(c3ccc(C(F)(F)F)cc3)c3ccc(C(F)(F)F)cc3)CC2)cc1. The number of nitrogens with zero attached hydrogens (tertiary/aromatic N) is 2. The third kappa shape index (κ3) is 5.83. The number of rotatable bonds is 6. The molecule has 0 spiro atoms. The van der Waals surface area contributed by atoms with Crippen molar-refractivity contribution in [3.8, 4) is 0 Å². The number of aliphatic hydroxyl groups is 1. The zero-order valence-corrected chi connectivity index (χ0v) is 20.0. The number of nitro benzene ring substituents is 1. The van der Waals surface area contributed by atoms with Crippen LogP contribution in [0.15, 0.2) is 72.8 Å². The largest absolute Gasteiger partial charge is 0.416 e. The van der Waals surface area contributed by atoms with Gasteiger partial charge in [-0.1, -0.05) is 36.4 Å².